The van der Waals surface area contributed by atoms with Crippen LogP contribution >= 0.6 is 12.9 Å². The molecule has 0 N–H and O–H groups in total. The second-order valence-electron chi connectivity index (χ2n) is 1.79. The summed E-state index contributed by atoms with van der Waals surface area (Å²) in [6.07, 6.45) is 0. The molecule has 0 aromatic heterocycles. The van der Waals surface area contributed by atoms with Crippen LogP contribution in [0.25, 0.3) is 0 Å². The van der Waals surface area contributed by atoms with Crippen molar-refractivity contribution in [1.82, 2.24) is 0 Å². The molecule has 0 amide bonds. The summed E-state index contributed by atoms with van der Waals surface area (Å²) in [7, 11) is 0. The Labute approximate surface area is 66.4 Å². The number of halogens is 3. The maximum Gasteiger partial charge on any atom is 0.208 e. The minimum absolute atomic E-state index is 0.509. The Bertz CT molecular complexity index is 254. The molecule has 5 heteroatoms. The van der Waals surface area contributed by atoms with Crippen LogP contribution in [0.5, 0.6) is 5.75 Å². The quantitative estimate of drug-likeness (QED) is 0.515. The number of thiol groups is 1. The van der Waals surface area contributed by atoms with Gasteiger partial charge in [-0.15, -0.1) is 0 Å². The standard InChI is InChI=1S/C6H3F3OS/c7-3-1-4(8)6(10-11)5(9)2-3/h1-2,11H. The summed E-state index contributed by atoms with van der Waals surface area (Å²) in [5, 5.41) is 0. The Hall–Kier alpha value is -0.840. The lowest BCUT2D eigenvalue weighted by Crippen LogP contribution is -1.89. The van der Waals surface area contributed by atoms with E-state index in [1.807, 2.05) is 0 Å². The van der Waals surface area contributed by atoms with Crippen LogP contribution in [0.15, 0.2) is 12.1 Å². The average Bonchev–Trinajstić information content (AvgIpc) is 1.85. The number of hydrogen-bond donors (Lipinski definition) is 1. The fourth-order valence-electron chi connectivity index (χ4n) is 0.616. The third-order valence-electron chi connectivity index (χ3n) is 1.05. The molecule has 0 spiro atoms. The van der Waals surface area contributed by atoms with Crippen molar-refractivity contribution >= 4 is 12.9 Å². The first-order chi connectivity index (χ1) is 5.15. The molecule has 1 rings (SSSR count). The minimum atomic E-state index is -1.11. The maximum absolute atomic E-state index is 12.5. The van der Waals surface area contributed by atoms with Gasteiger partial charge in [-0.2, -0.15) is 0 Å². The van der Waals surface area contributed by atoms with Crippen molar-refractivity contribution in [2.75, 3.05) is 0 Å². The Morgan fingerprint density at radius 2 is 1.55 bits per heavy atom. The van der Waals surface area contributed by atoms with Crippen LogP contribution in [0.2, 0.25) is 0 Å². The van der Waals surface area contributed by atoms with E-state index >= 15 is 0 Å². The van der Waals surface area contributed by atoms with Crippen molar-refractivity contribution in [2.45, 2.75) is 0 Å². The fraction of sp³-hybridized carbons (Fsp3) is 0. The highest BCUT2D eigenvalue weighted by Gasteiger charge is 2.11. The van der Waals surface area contributed by atoms with E-state index in [0.717, 1.165) is 0 Å². The van der Waals surface area contributed by atoms with E-state index in [0.29, 0.717) is 12.1 Å². The molecule has 0 fully saturated rings. The van der Waals surface area contributed by atoms with Gasteiger partial charge in [0.25, 0.3) is 0 Å². The SMILES string of the molecule is Fc1cc(F)c(OS)c(F)c1. The molecule has 0 atom stereocenters. The molecule has 1 nitrogen and oxygen atoms in total. The molecule has 1 aromatic carbocycles. The van der Waals surface area contributed by atoms with Crippen LogP contribution in [0.4, 0.5) is 13.2 Å². The topological polar surface area (TPSA) is 9.23 Å². The second kappa shape index (κ2) is 3.04. The number of rotatable bonds is 1. The van der Waals surface area contributed by atoms with Gasteiger partial charge >= 0.3 is 0 Å². The Morgan fingerprint density at radius 1 is 1.09 bits per heavy atom. The third kappa shape index (κ3) is 1.59. The molecule has 0 bridgehead atoms. The van der Waals surface area contributed by atoms with Gasteiger partial charge in [0.2, 0.25) is 5.75 Å². The largest absolute Gasteiger partial charge is 0.423 e. The monoisotopic (exact) mass is 180 g/mol. The average molecular weight is 180 g/mol. The Balaban J connectivity index is 3.25. The zero-order valence-electron chi connectivity index (χ0n) is 5.14. The lowest BCUT2D eigenvalue weighted by Gasteiger charge is -2.00. The van der Waals surface area contributed by atoms with Crippen molar-refractivity contribution in [2.24, 2.45) is 0 Å². The maximum atomic E-state index is 12.5. The summed E-state index contributed by atoms with van der Waals surface area (Å²) >= 11 is 3.18. The normalized spacial score (nSPS) is 9.82. The lowest BCUT2D eigenvalue weighted by molar-refractivity contribution is 0.475. The van der Waals surface area contributed by atoms with Crippen LogP contribution < -0.4 is 4.18 Å². The number of benzene rings is 1. The van der Waals surface area contributed by atoms with E-state index in [2.05, 4.69) is 17.1 Å². The molecule has 0 aliphatic heterocycles. The van der Waals surface area contributed by atoms with Crippen molar-refractivity contribution in [1.29, 1.82) is 0 Å². The highest BCUT2D eigenvalue weighted by atomic mass is 32.1. The van der Waals surface area contributed by atoms with E-state index in [4.69, 9.17) is 0 Å². The lowest BCUT2D eigenvalue weighted by atomic mass is 10.3. The zero-order chi connectivity index (χ0) is 8.43. The first-order valence-electron chi connectivity index (χ1n) is 2.61. The first-order valence-corrected chi connectivity index (χ1v) is 2.97. The van der Waals surface area contributed by atoms with Gasteiger partial charge in [0.15, 0.2) is 11.6 Å². The van der Waals surface area contributed by atoms with Crippen LogP contribution in [0.3, 0.4) is 0 Å². The van der Waals surface area contributed by atoms with Gasteiger partial charge in [0.05, 0.1) is 0 Å². The van der Waals surface area contributed by atoms with Gasteiger partial charge < -0.3 is 4.18 Å². The van der Waals surface area contributed by atoms with Crippen molar-refractivity contribution < 1.29 is 17.4 Å². The first kappa shape index (κ1) is 8.26. The molecule has 0 aliphatic carbocycles. The van der Waals surface area contributed by atoms with Crippen LogP contribution in [0, 0.1) is 17.5 Å². The minimum Gasteiger partial charge on any atom is -0.423 e. The summed E-state index contributed by atoms with van der Waals surface area (Å²) < 4.78 is 41.1. The number of hydrogen-bond acceptors (Lipinski definition) is 2. The van der Waals surface area contributed by atoms with Crippen LogP contribution in [-0.4, -0.2) is 0 Å². The molecule has 0 saturated carbocycles. The van der Waals surface area contributed by atoms with E-state index < -0.39 is 23.2 Å². The van der Waals surface area contributed by atoms with Gasteiger partial charge in [0, 0.05) is 25.0 Å². The molecule has 0 heterocycles. The van der Waals surface area contributed by atoms with Crippen molar-refractivity contribution in [3.63, 3.8) is 0 Å². The van der Waals surface area contributed by atoms with Gasteiger partial charge in [-0.05, 0) is 0 Å². The predicted molar refractivity (Wildman–Crippen MR) is 35.9 cm³/mol. The van der Waals surface area contributed by atoms with E-state index in [9.17, 15) is 13.2 Å². The molecule has 0 saturated heterocycles. The van der Waals surface area contributed by atoms with Crippen LogP contribution in [-0.2, 0) is 0 Å². The molecule has 0 unspecified atom stereocenters. The Morgan fingerprint density at radius 3 is 1.91 bits per heavy atom. The predicted octanol–water partition coefficient (Wildman–Crippen LogP) is 2.33. The molecule has 60 valence electrons. The summed E-state index contributed by atoms with van der Waals surface area (Å²) in [4.78, 5) is 0. The zero-order valence-corrected chi connectivity index (χ0v) is 6.04. The van der Waals surface area contributed by atoms with E-state index in [-0.39, 0.29) is 0 Å². The second-order valence-corrected chi connectivity index (χ2v) is 1.97. The third-order valence-corrected chi connectivity index (χ3v) is 1.24. The van der Waals surface area contributed by atoms with Gasteiger partial charge in [0.1, 0.15) is 5.82 Å². The summed E-state index contributed by atoms with van der Waals surface area (Å²) in [6.45, 7) is 0. The van der Waals surface area contributed by atoms with Crippen molar-refractivity contribution in [3.05, 3.63) is 29.6 Å². The summed E-state index contributed by atoms with van der Waals surface area (Å²) in [6, 6.07) is 1.02. The van der Waals surface area contributed by atoms with Crippen molar-refractivity contribution in [3.8, 4) is 5.75 Å². The smallest absolute Gasteiger partial charge is 0.208 e. The van der Waals surface area contributed by atoms with Gasteiger partial charge in [-0.25, -0.2) is 13.2 Å². The van der Waals surface area contributed by atoms with Gasteiger partial charge in [-0.3, -0.25) is 0 Å². The van der Waals surface area contributed by atoms with Crippen LogP contribution in [0.1, 0.15) is 0 Å². The molecular weight excluding hydrogens is 177 g/mol. The molecular formula is C6H3F3OS. The highest BCUT2D eigenvalue weighted by molar-refractivity contribution is 7.75. The molecule has 0 aliphatic rings. The van der Waals surface area contributed by atoms with Gasteiger partial charge in [-0.1, -0.05) is 0 Å². The van der Waals surface area contributed by atoms with E-state index in [1.165, 1.54) is 0 Å². The molecule has 11 heavy (non-hydrogen) atoms. The van der Waals surface area contributed by atoms with E-state index in [1.54, 1.807) is 0 Å². The highest BCUT2D eigenvalue weighted by Crippen LogP contribution is 2.23. The Kier molecular flexibility index (Phi) is 2.28. The fourth-order valence-corrected chi connectivity index (χ4v) is 0.791. The summed E-state index contributed by atoms with van der Waals surface area (Å²) in [5.41, 5.74) is 0. The summed E-state index contributed by atoms with van der Waals surface area (Å²) in [5.74, 6) is -3.92. The molecule has 0 radical (unpaired) electrons. The molecule has 1 aromatic rings.